The van der Waals surface area contributed by atoms with Crippen LogP contribution in [0.3, 0.4) is 0 Å². The van der Waals surface area contributed by atoms with E-state index in [0.29, 0.717) is 34.9 Å². The highest BCUT2D eigenvalue weighted by molar-refractivity contribution is 6.32. The van der Waals surface area contributed by atoms with Gasteiger partial charge in [0.15, 0.2) is 11.5 Å². The largest absolute Gasteiger partial charge is 0.493 e. The van der Waals surface area contributed by atoms with E-state index in [1.165, 1.54) is 19.2 Å². The molecule has 0 unspecified atom stereocenters. The van der Waals surface area contributed by atoms with Gasteiger partial charge < -0.3 is 25.2 Å². The summed E-state index contributed by atoms with van der Waals surface area (Å²) in [7, 11) is 3.08. The Morgan fingerprint density at radius 2 is 1.74 bits per heavy atom. The molecule has 0 aliphatic carbocycles. The summed E-state index contributed by atoms with van der Waals surface area (Å²) < 4.78 is 10.6. The highest BCUT2D eigenvalue weighted by Crippen LogP contribution is 2.42. The number of nitrogens with one attached hydrogen (secondary N) is 2. The van der Waals surface area contributed by atoms with E-state index < -0.39 is 5.97 Å². The molecule has 27 heavy (non-hydrogen) atoms. The van der Waals surface area contributed by atoms with Gasteiger partial charge in [0.05, 0.1) is 31.0 Å². The van der Waals surface area contributed by atoms with Crippen LogP contribution in [0.4, 0.5) is 11.4 Å². The lowest BCUT2D eigenvalue weighted by Crippen LogP contribution is -2.10. The molecule has 0 radical (unpaired) electrons. The number of amides is 1. The molecule has 0 atom stereocenters. The first-order valence-corrected chi connectivity index (χ1v) is 8.39. The first-order valence-electron chi connectivity index (χ1n) is 8.39. The minimum Gasteiger partial charge on any atom is -0.493 e. The number of methoxy groups -OCH3 is 2. The summed E-state index contributed by atoms with van der Waals surface area (Å²) in [6, 6.07) is 9.86. The zero-order valence-electron chi connectivity index (χ0n) is 15.3. The molecule has 3 N–H and O–H groups in total. The number of fused-ring (bicyclic) bond motifs is 1. The van der Waals surface area contributed by atoms with Crippen LogP contribution in [0.2, 0.25) is 0 Å². The fourth-order valence-corrected chi connectivity index (χ4v) is 2.99. The number of hydrogen-bond donors (Lipinski definition) is 3. The molecule has 0 aromatic heterocycles. The minimum absolute atomic E-state index is 0.201. The number of carbonyl (C=O) groups excluding carboxylic acids is 1. The van der Waals surface area contributed by atoms with Crippen LogP contribution in [0, 0.1) is 0 Å². The Balaban J connectivity index is 2.02. The molecule has 0 saturated heterocycles. The smallest absolute Gasteiger partial charge is 0.335 e. The van der Waals surface area contributed by atoms with Crippen LogP contribution in [0.1, 0.15) is 29.3 Å². The fourth-order valence-electron chi connectivity index (χ4n) is 2.99. The molecule has 1 aliphatic rings. The molecule has 1 heterocycles. The normalized spacial score (nSPS) is 14.3. The number of rotatable bonds is 6. The van der Waals surface area contributed by atoms with E-state index in [0.717, 1.165) is 11.3 Å². The summed E-state index contributed by atoms with van der Waals surface area (Å²) in [6.45, 7) is 1.94. The fraction of sp³-hybridized carbons (Fsp3) is 0.200. The second kappa shape index (κ2) is 7.41. The number of ether oxygens (including phenoxy) is 2. The van der Waals surface area contributed by atoms with Gasteiger partial charge in [-0.15, -0.1) is 0 Å². The number of anilines is 2. The Bertz CT molecular complexity index is 932. The highest BCUT2D eigenvalue weighted by atomic mass is 16.5. The molecule has 0 bridgehead atoms. The maximum absolute atomic E-state index is 12.6. The Hall–Kier alpha value is -3.48. The van der Waals surface area contributed by atoms with Crippen LogP contribution >= 0.6 is 0 Å². The van der Waals surface area contributed by atoms with Crippen LogP contribution in [-0.4, -0.2) is 31.2 Å². The number of carbonyl (C=O) groups is 2. The van der Waals surface area contributed by atoms with Gasteiger partial charge in [-0.05, 0) is 36.8 Å². The van der Waals surface area contributed by atoms with Crippen LogP contribution in [0.5, 0.6) is 11.5 Å². The van der Waals surface area contributed by atoms with Gasteiger partial charge in [-0.2, -0.15) is 0 Å². The van der Waals surface area contributed by atoms with Gasteiger partial charge in [0.2, 0.25) is 0 Å². The number of benzene rings is 2. The number of hydrogen-bond acceptors (Lipinski definition) is 5. The van der Waals surface area contributed by atoms with Crippen molar-refractivity contribution in [1.82, 2.24) is 0 Å². The van der Waals surface area contributed by atoms with Gasteiger partial charge in [-0.25, -0.2) is 4.79 Å². The first kappa shape index (κ1) is 18.3. The van der Waals surface area contributed by atoms with E-state index in [-0.39, 0.29) is 11.5 Å². The second-order valence-corrected chi connectivity index (χ2v) is 5.92. The molecule has 0 saturated carbocycles. The lowest BCUT2D eigenvalue weighted by molar-refractivity contribution is -0.110. The van der Waals surface area contributed by atoms with E-state index in [1.54, 1.807) is 31.4 Å². The molecule has 1 aliphatic heterocycles. The van der Waals surface area contributed by atoms with Gasteiger partial charge in [0.25, 0.3) is 5.91 Å². The Labute approximate surface area is 156 Å². The average Bonchev–Trinajstić information content (AvgIpc) is 2.99. The average molecular weight is 368 g/mol. The SMILES string of the molecule is CC/C(Nc1ccc(C(=O)O)cc1)=C1/C(=O)Nc2cc(OC)c(OC)cc21. The van der Waals surface area contributed by atoms with Crippen molar-refractivity contribution in [2.75, 3.05) is 24.9 Å². The summed E-state index contributed by atoms with van der Waals surface area (Å²) in [5.74, 6) is -0.132. The van der Waals surface area contributed by atoms with Crippen molar-refractivity contribution in [3.8, 4) is 11.5 Å². The topological polar surface area (TPSA) is 96.9 Å². The van der Waals surface area contributed by atoms with Crippen LogP contribution in [0.25, 0.3) is 5.57 Å². The minimum atomic E-state index is -0.985. The van der Waals surface area contributed by atoms with Crippen LogP contribution < -0.4 is 20.1 Å². The van der Waals surface area contributed by atoms with Crippen molar-refractivity contribution >= 4 is 28.8 Å². The van der Waals surface area contributed by atoms with E-state index >= 15 is 0 Å². The molecule has 7 heteroatoms. The zero-order chi connectivity index (χ0) is 19.6. The van der Waals surface area contributed by atoms with E-state index in [2.05, 4.69) is 10.6 Å². The summed E-state index contributed by atoms with van der Waals surface area (Å²) in [5.41, 5.74) is 3.53. The predicted octanol–water partition coefficient (Wildman–Crippen LogP) is 3.59. The van der Waals surface area contributed by atoms with E-state index in [4.69, 9.17) is 14.6 Å². The van der Waals surface area contributed by atoms with E-state index in [1.807, 2.05) is 6.92 Å². The summed E-state index contributed by atoms with van der Waals surface area (Å²) in [5, 5.41) is 15.1. The van der Waals surface area contributed by atoms with Crippen molar-refractivity contribution in [1.29, 1.82) is 0 Å². The molecule has 140 valence electrons. The lowest BCUT2D eigenvalue weighted by Gasteiger charge is -2.14. The second-order valence-electron chi connectivity index (χ2n) is 5.92. The van der Waals surface area contributed by atoms with Crippen molar-refractivity contribution in [3.63, 3.8) is 0 Å². The number of allylic oxidation sites excluding steroid dienone is 1. The quantitative estimate of drug-likeness (QED) is 0.674. The van der Waals surface area contributed by atoms with Crippen LogP contribution in [0.15, 0.2) is 42.1 Å². The van der Waals surface area contributed by atoms with Crippen molar-refractivity contribution in [2.45, 2.75) is 13.3 Å². The third kappa shape index (κ3) is 3.44. The van der Waals surface area contributed by atoms with Crippen LogP contribution in [-0.2, 0) is 4.79 Å². The molecular formula is C20H20N2O5. The molecular weight excluding hydrogens is 348 g/mol. The molecule has 0 fully saturated rings. The number of carboxylic acid groups (broad SMARTS) is 1. The maximum Gasteiger partial charge on any atom is 0.335 e. The van der Waals surface area contributed by atoms with Gasteiger partial charge in [0.1, 0.15) is 0 Å². The van der Waals surface area contributed by atoms with Crippen molar-refractivity contribution < 1.29 is 24.2 Å². The summed E-state index contributed by atoms with van der Waals surface area (Å²) in [4.78, 5) is 23.6. The molecule has 3 rings (SSSR count). The lowest BCUT2D eigenvalue weighted by atomic mass is 10.0. The number of aromatic carboxylic acids is 1. The number of carboxylic acids is 1. The van der Waals surface area contributed by atoms with Gasteiger partial charge >= 0.3 is 5.97 Å². The molecule has 2 aromatic rings. The van der Waals surface area contributed by atoms with E-state index in [9.17, 15) is 9.59 Å². The Morgan fingerprint density at radius 1 is 1.11 bits per heavy atom. The summed E-state index contributed by atoms with van der Waals surface area (Å²) in [6.07, 6.45) is 0.581. The Morgan fingerprint density at radius 3 is 2.30 bits per heavy atom. The molecule has 7 nitrogen and oxygen atoms in total. The van der Waals surface area contributed by atoms with Gasteiger partial charge in [-0.3, -0.25) is 4.79 Å². The molecule has 0 spiro atoms. The highest BCUT2D eigenvalue weighted by Gasteiger charge is 2.29. The summed E-state index contributed by atoms with van der Waals surface area (Å²) >= 11 is 0. The zero-order valence-corrected chi connectivity index (χ0v) is 15.3. The third-order valence-electron chi connectivity index (χ3n) is 4.35. The standard InChI is InChI=1S/C20H20N2O5/c1-4-14(21-12-7-5-11(6-8-12)20(24)25)18-13-9-16(26-2)17(27-3)10-15(13)22-19(18)23/h5-10,21H,4H2,1-3H3,(H,22,23)(H,24,25)/b18-14-. The van der Waals surface area contributed by atoms with Crippen molar-refractivity contribution in [2.24, 2.45) is 0 Å². The molecule has 2 aromatic carbocycles. The first-order chi connectivity index (χ1) is 13.0. The van der Waals surface area contributed by atoms with Gasteiger partial charge in [0, 0.05) is 23.0 Å². The monoisotopic (exact) mass is 368 g/mol. The maximum atomic E-state index is 12.6. The predicted molar refractivity (Wildman–Crippen MR) is 102 cm³/mol. The van der Waals surface area contributed by atoms with Crippen molar-refractivity contribution in [3.05, 3.63) is 53.2 Å². The molecule has 1 amide bonds. The van der Waals surface area contributed by atoms with Gasteiger partial charge in [-0.1, -0.05) is 6.92 Å². The third-order valence-corrected chi connectivity index (χ3v) is 4.35. The Kier molecular flexibility index (Phi) is 5.03.